The minimum atomic E-state index is -0.190. The SMILES string of the molecule is CN1CCCCC1CCC(=O)N1CCCN(Cc2ccc(F)cc2)CC1. The van der Waals surface area contributed by atoms with Gasteiger partial charge in [0.25, 0.3) is 0 Å². The maximum Gasteiger partial charge on any atom is 0.222 e. The molecule has 144 valence electrons. The first-order valence-electron chi connectivity index (χ1n) is 10.1. The van der Waals surface area contributed by atoms with Gasteiger partial charge in [-0.15, -0.1) is 0 Å². The Morgan fingerprint density at radius 1 is 1.04 bits per heavy atom. The highest BCUT2D eigenvalue weighted by Gasteiger charge is 2.23. The van der Waals surface area contributed by atoms with Crippen LogP contribution in [0.4, 0.5) is 4.39 Å². The van der Waals surface area contributed by atoms with Gasteiger partial charge < -0.3 is 9.80 Å². The Morgan fingerprint density at radius 3 is 2.62 bits per heavy atom. The van der Waals surface area contributed by atoms with Crippen LogP contribution in [0.15, 0.2) is 24.3 Å². The molecule has 1 aromatic rings. The third-order valence-electron chi connectivity index (χ3n) is 5.87. The molecule has 0 aromatic heterocycles. The van der Waals surface area contributed by atoms with Gasteiger partial charge >= 0.3 is 0 Å². The summed E-state index contributed by atoms with van der Waals surface area (Å²) in [6, 6.07) is 7.32. The van der Waals surface area contributed by atoms with Crippen molar-refractivity contribution in [2.45, 2.75) is 51.1 Å². The first-order valence-corrected chi connectivity index (χ1v) is 10.1. The third-order valence-corrected chi connectivity index (χ3v) is 5.87. The lowest BCUT2D eigenvalue weighted by molar-refractivity contribution is -0.131. The number of nitrogens with zero attached hydrogens (tertiary/aromatic N) is 3. The van der Waals surface area contributed by atoms with Crippen LogP contribution < -0.4 is 0 Å². The first kappa shape index (κ1) is 19.3. The normalized spacial score (nSPS) is 23.0. The summed E-state index contributed by atoms with van der Waals surface area (Å²) in [4.78, 5) is 19.5. The van der Waals surface area contributed by atoms with Crippen LogP contribution in [0.2, 0.25) is 0 Å². The zero-order valence-electron chi connectivity index (χ0n) is 16.0. The third kappa shape index (κ3) is 5.52. The van der Waals surface area contributed by atoms with Crippen molar-refractivity contribution >= 4 is 5.91 Å². The topological polar surface area (TPSA) is 26.8 Å². The highest BCUT2D eigenvalue weighted by molar-refractivity contribution is 5.76. The van der Waals surface area contributed by atoms with Gasteiger partial charge in [0.05, 0.1) is 0 Å². The lowest BCUT2D eigenvalue weighted by Gasteiger charge is -2.32. The van der Waals surface area contributed by atoms with Gasteiger partial charge in [0, 0.05) is 45.2 Å². The number of rotatable bonds is 5. The summed E-state index contributed by atoms with van der Waals surface area (Å²) >= 11 is 0. The number of likely N-dealkylation sites (tertiary alicyclic amines) is 1. The molecule has 2 fully saturated rings. The number of benzene rings is 1. The quantitative estimate of drug-likeness (QED) is 0.806. The number of piperidine rings is 1. The van der Waals surface area contributed by atoms with Gasteiger partial charge in [-0.1, -0.05) is 18.6 Å². The van der Waals surface area contributed by atoms with Crippen molar-refractivity contribution in [3.63, 3.8) is 0 Å². The second-order valence-electron chi connectivity index (χ2n) is 7.81. The Balaban J connectivity index is 1.43. The average Bonchev–Trinajstić information content (AvgIpc) is 2.88. The largest absolute Gasteiger partial charge is 0.341 e. The van der Waals surface area contributed by atoms with Gasteiger partial charge in [0.1, 0.15) is 5.82 Å². The van der Waals surface area contributed by atoms with Crippen LogP contribution in [0.3, 0.4) is 0 Å². The summed E-state index contributed by atoms with van der Waals surface area (Å²) in [5, 5.41) is 0. The van der Waals surface area contributed by atoms with Crippen LogP contribution in [-0.2, 0) is 11.3 Å². The monoisotopic (exact) mass is 361 g/mol. The molecular weight excluding hydrogens is 329 g/mol. The molecule has 2 aliphatic heterocycles. The zero-order valence-corrected chi connectivity index (χ0v) is 16.0. The number of carbonyl (C=O) groups excluding carboxylic acids is 1. The first-order chi connectivity index (χ1) is 12.6. The number of carbonyl (C=O) groups is 1. The highest BCUT2D eigenvalue weighted by atomic mass is 19.1. The smallest absolute Gasteiger partial charge is 0.222 e. The van der Waals surface area contributed by atoms with E-state index in [9.17, 15) is 9.18 Å². The number of hydrogen-bond acceptors (Lipinski definition) is 3. The van der Waals surface area contributed by atoms with Gasteiger partial charge in [-0.05, 0) is 57.0 Å². The summed E-state index contributed by atoms with van der Waals surface area (Å²) in [5.41, 5.74) is 1.13. The maximum absolute atomic E-state index is 13.0. The average molecular weight is 362 g/mol. The zero-order chi connectivity index (χ0) is 18.4. The van der Waals surface area contributed by atoms with Crippen molar-refractivity contribution < 1.29 is 9.18 Å². The van der Waals surface area contributed by atoms with Crippen LogP contribution in [0.1, 0.15) is 44.1 Å². The van der Waals surface area contributed by atoms with Gasteiger partial charge in [0.15, 0.2) is 0 Å². The summed E-state index contributed by atoms with van der Waals surface area (Å²) in [7, 11) is 2.19. The van der Waals surface area contributed by atoms with Crippen molar-refractivity contribution in [1.29, 1.82) is 0 Å². The van der Waals surface area contributed by atoms with Gasteiger partial charge in [-0.25, -0.2) is 4.39 Å². The highest BCUT2D eigenvalue weighted by Crippen LogP contribution is 2.20. The molecule has 0 bridgehead atoms. The molecule has 1 amide bonds. The summed E-state index contributed by atoms with van der Waals surface area (Å²) in [6.07, 6.45) is 6.49. The fourth-order valence-corrected chi connectivity index (χ4v) is 4.18. The molecule has 0 spiro atoms. The van der Waals surface area contributed by atoms with Crippen LogP contribution in [0, 0.1) is 5.82 Å². The molecule has 1 atom stereocenters. The molecule has 0 N–H and O–H groups in total. The van der Waals surface area contributed by atoms with Gasteiger partial charge in [-0.3, -0.25) is 9.69 Å². The van der Waals surface area contributed by atoms with Crippen molar-refractivity contribution in [2.75, 3.05) is 39.8 Å². The van der Waals surface area contributed by atoms with E-state index in [1.165, 1.54) is 37.9 Å². The van der Waals surface area contributed by atoms with Gasteiger partial charge in [-0.2, -0.15) is 0 Å². The Morgan fingerprint density at radius 2 is 1.85 bits per heavy atom. The Hall–Kier alpha value is -1.46. The molecule has 3 rings (SSSR count). The number of amides is 1. The van der Waals surface area contributed by atoms with E-state index in [1.54, 1.807) is 0 Å². The minimum Gasteiger partial charge on any atom is -0.341 e. The van der Waals surface area contributed by atoms with E-state index in [-0.39, 0.29) is 5.82 Å². The number of halogens is 1. The Bertz CT molecular complexity index is 577. The van der Waals surface area contributed by atoms with Crippen LogP contribution in [0.25, 0.3) is 0 Å². The standard InChI is InChI=1S/C21H32FN3O/c1-23-12-3-2-5-20(23)10-11-21(26)25-14-4-13-24(15-16-25)17-18-6-8-19(22)9-7-18/h6-9,20H,2-5,10-17H2,1H3. The van der Waals surface area contributed by atoms with Gasteiger partial charge in [0.2, 0.25) is 5.91 Å². The molecule has 4 nitrogen and oxygen atoms in total. The van der Waals surface area contributed by atoms with E-state index in [1.807, 2.05) is 17.0 Å². The van der Waals surface area contributed by atoms with Crippen molar-refractivity contribution in [1.82, 2.24) is 14.7 Å². The van der Waals surface area contributed by atoms with Crippen LogP contribution >= 0.6 is 0 Å². The summed E-state index contributed by atoms with van der Waals surface area (Å²) in [6.45, 7) is 5.55. The second-order valence-corrected chi connectivity index (χ2v) is 7.81. The van der Waals surface area contributed by atoms with E-state index in [0.29, 0.717) is 18.4 Å². The minimum absolute atomic E-state index is 0.190. The maximum atomic E-state index is 13.0. The van der Waals surface area contributed by atoms with Crippen LogP contribution in [-0.4, -0.2) is 66.4 Å². The predicted octanol–water partition coefficient (Wildman–Crippen LogP) is 3.12. The lowest BCUT2D eigenvalue weighted by atomic mass is 9.98. The van der Waals surface area contributed by atoms with E-state index in [4.69, 9.17) is 0 Å². The Labute approximate surface area is 157 Å². The molecule has 0 radical (unpaired) electrons. The van der Waals surface area contributed by atoms with Crippen molar-refractivity contribution in [3.8, 4) is 0 Å². The molecule has 0 aliphatic carbocycles. The molecule has 0 saturated carbocycles. The molecule has 1 unspecified atom stereocenters. The molecular formula is C21H32FN3O. The summed E-state index contributed by atoms with van der Waals surface area (Å²) < 4.78 is 13.0. The van der Waals surface area contributed by atoms with E-state index in [2.05, 4.69) is 16.8 Å². The van der Waals surface area contributed by atoms with E-state index >= 15 is 0 Å². The summed E-state index contributed by atoms with van der Waals surface area (Å²) in [5.74, 6) is 0.123. The molecule has 2 aliphatic rings. The fourth-order valence-electron chi connectivity index (χ4n) is 4.18. The predicted molar refractivity (Wildman–Crippen MR) is 102 cm³/mol. The molecule has 2 saturated heterocycles. The molecule has 5 heteroatoms. The lowest BCUT2D eigenvalue weighted by Crippen LogP contribution is -2.39. The molecule has 2 heterocycles. The van der Waals surface area contributed by atoms with E-state index < -0.39 is 0 Å². The van der Waals surface area contributed by atoms with Crippen molar-refractivity contribution in [2.24, 2.45) is 0 Å². The molecule has 1 aromatic carbocycles. The molecule has 26 heavy (non-hydrogen) atoms. The number of hydrogen-bond donors (Lipinski definition) is 0. The van der Waals surface area contributed by atoms with Crippen LogP contribution in [0.5, 0.6) is 0 Å². The second kappa shape index (κ2) is 9.47. The van der Waals surface area contributed by atoms with E-state index in [0.717, 1.165) is 51.1 Å². The fraction of sp³-hybridized carbons (Fsp3) is 0.667. The van der Waals surface area contributed by atoms with Crippen molar-refractivity contribution in [3.05, 3.63) is 35.6 Å². The Kier molecular flexibility index (Phi) is 7.03.